The molecule has 6 heteroatoms. The zero-order valence-electron chi connectivity index (χ0n) is 10.0. The summed E-state index contributed by atoms with van der Waals surface area (Å²) in [4.78, 5) is 13.2. The van der Waals surface area contributed by atoms with Crippen molar-refractivity contribution in [1.29, 1.82) is 0 Å². The third kappa shape index (κ3) is 1.95. The van der Waals surface area contributed by atoms with Crippen molar-refractivity contribution in [2.75, 3.05) is 7.05 Å². The highest BCUT2D eigenvalue weighted by Crippen LogP contribution is 2.15. The highest BCUT2D eigenvalue weighted by molar-refractivity contribution is 7.80. The predicted octanol–water partition coefficient (Wildman–Crippen LogP) is 0.899. The lowest BCUT2D eigenvalue weighted by molar-refractivity contribution is -0.121. The van der Waals surface area contributed by atoms with E-state index in [9.17, 15) is 4.79 Å². The van der Waals surface area contributed by atoms with Crippen LogP contribution in [0.15, 0.2) is 11.9 Å². The fourth-order valence-electron chi connectivity index (χ4n) is 1.70. The molecule has 2 heterocycles. The molecule has 0 aliphatic carbocycles. The van der Waals surface area contributed by atoms with Crippen LogP contribution in [0, 0.1) is 6.92 Å². The second kappa shape index (κ2) is 4.29. The number of hydrogen-bond acceptors (Lipinski definition) is 3. The van der Waals surface area contributed by atoms with E-state index in [1.54, 1.807) is 19.3 Å². The Morgan fingerprint density at radius 3 is 2.76 bits per heavy atom. The predicted molar refractivity (Wildman–Crippen MR) is 69.1 cm³/mol. The molecule has 1 fully saturated rings. The fourth-order valence-corrected chi connectivity index (χ4v) is 1.89. The van der Waals surface area contributed by atoms with Gasteiger partial charge in [0.05, 0.1) is 6.20 Å². The van der Waals surface area contributed by atoms with Gasteiger partial charge in [0, 0.05) is 24.8 Å². The Bertz CT molecular complexity index is 518. The average molecular weight is 250 g/mol. The van der Waals surface area contributed by atoms with Crippen LogP contribution in [0.1, 0.15) is 18.2 Å². The van der Waals surface area contributed by atoms with Crippen LogP contribution in [0.4, 0.5) is 0 Å². The maximum Gasteiger partial charge on any atom is 0.276 e. The number of likely N-dealkylation sites (N-methyl/N-ethyl adjacent to an activating group) is 1. The lowest BCUT2D eigenvalue weighted by Crippen LogP contribution is -2.25. The summed E-state index contributed by atoms with van der Waals surface area (Å²) in [6.07, 6.45) is 3.54. The zero-order chi connectivity index (χ0) is 12.6. The molecule has 1 amide bonds. The van der Waals surface area contributed by atoms with E-state index < -0.39 is 0 Å². The Balaban J connectivity index is 2.34. The van der Waals surface area contributed by atoms with Crippen LogP contribution in [-0.2, 0) is 11.3 Å². The van der Waals surface area contributed by atoms with E-state index in [1.807, 2.05) is 18.5 Å². The molecule has 1 aromatic heterocycles. The van der Waals surface area contributed by atoms with Crippen molar-refractivity contribution < 1.29 is 4.79 Å². The first kappa shape index (κ1) is 11.8. The maximum atomic E-state index is 11.8. The van der Waals surface area contributed by atoms with Gasteiger partial charge in [-0.2, -0.15) is 5.10 Å². The first-order chi connectivity index (χ1) is 8.04. The molecule has 0 unspecified atom stereocenters. The molecule has 0 atom stereocenters. The van der Waals surface area contributed by atoms with Gasteiger partial charge in [0.2, 0.25) is 0 Å². The fraction of sp³-hybridized carbons (Fsp3) is 0.364. The minimum absolute atomic E-state index is 0.112. The molecule has 90 valence electrons. The summed E-state index contributed by atoms with van der Waals surface area (Å²) in [6.45, 7) is 4.82. The summed E-state index contributed by atoms with van der Waals surface area (Å²) in [7, 11) is 1.65. The third-order valence-corrected chi connectivity index (χ3v) is 3.20. The van der Waals surface area contributed by atoms with Gasteiger partial charge in [-0.05, 0) is 32.1 Å². The van der Waals surface area contributed by atoms with Crippen LogP contribution < -0.4 is 5.32 Å². The number of aryl methyl sites for hydroxylation is 1. The Morgan fingerprint density at radius 1 is 1.59 bits per heavy atom. The summed E-state index contributed by atoms with van der Waals surface area (Å²) in [5, 5.41) is 7.55. The van der Waals surface area contributed by atoms with Crippen LogP contribution in [0.2, 0.25) is 0 Å². The first-order valence-corrected chi connectivity index (χ1v) is 5.78. The molecule has 0 aromatic carbocycles. The molecule has 1 aromatic rings. The van der Waals surface area contributed by atoms with Crippen molar-refractivity contribution in [2.24, 2.45) is 0 Å². The molecule has 0 bridgehead atoms. The van der Waals surface area contributed by atoms with E-state index >= 15 is 0 Å². The topological polar surface area (TPSA) is 50.2 Å². The second-order valence-corrected chi connectivity index (χ2v) is 4.24. The summed E-state index contributed by atoms with van der Waals surface area (Å²) in [5.74, 6) is -0.112. The molecule has 1 saturated heterocycles. The molecule has 0 radical (unpaired) electrons. The number of aromatic nitrogens is 2. The number of hydrogen-bond donors (Lipinski definition) is 1. The number of rotatable bonds is 2. The maximum absolute atomic E-state index is 11.8. The second-order valence-electron chi connectivity index (χ2n) is 3.85. The summed E-state index contributed by atoms with van der Waals surface area (Å²) < 4.78 is 1.88. The van der Waals surface area contributed by atoms with Gasteiger partial charge < -0.3 is 5.32 Å². The highest BCUT2D eigenvalue weighted by atomic mass is 32.1. The van der Waals surface area contributed by atoms with Crippen molar-refractivity contribution in [1.82, 2.24) is 20.0 Å². The van der Waals surface area contributed by atoms with Gasteiger partial charge in [0.1, 0.15) is 5.70 Å². The highest BCUT2D eigenvalue weighted by Gasteiger charge is 2.27. The molecule has 1 aliphatic heterocycles. The molecule has 5 nitrogen and oxygen atoms in total. The van der Waals surface area contributed by atoms with Gasteiger partial charge in [-0.25, -0.2) is 0 Å². The van der Waals surface area contributed by atoms with Gasteiger partial charge in [-0.1, -0.05) is 0 Å². The van der Waals surface area contributed by atoms with E-state index in [0.717, 1.165) is 17.8 Å². The Morgan fingerprint density at radius 2 is 2.29 bits per heavy atom. The average Bonchev–Trinajstić information content (AvgIpc) is 2.77. The van der Waals surface area contributed by atoms with E-state index in [1.165, 1.54) is 4.90 Å². The smallest absolute Gasteiger partial charge is 0.276 e. The van der Waals surface area contributed by atoms with Gasteiger partial charge >= 0.3 is 0 Å². The summed E-state index contributed by atoms with van der Waals surface area (Å²) in [6, 6.07) is 0. The standard InChI is InChI=1S/C11H14N4OS/c1-4-15-7(2)8(6-12-15)5-9-10(16)14(3)11(17)13-9/h5-6H,4H2,1-3H3,(H,13,17)/b9-5+. The largest absolute Gasteiger partial charge is 0.328 e. The number of nitrogens with one attached hydrogen (secondary N) is 1. The molecule has 0 saturated carbocycles. The van der Waals surface area contributed by atoms with Crippen LogP contribution in [0.5, 0.6) is 0 Å². The monoisotopic (exact) mass is 250 g/mol. The van der Waals surface area contributed by atoms with Crippen LogP contribution in [0.3, 0.4) is 0 Å². The molecule has 1 aliphatic rings. The normalized spacial score (nSPS) is 18.1. The van der Waals surface area contributed by atoms with Crippen molar-refractivity contribution in [2.45, 2.75) is 20.4 Å². The van der Waals surface area contributed by atoms with E-state index in [4.69, 9.17) is 12.2 Å². The van der Waals surface area contributed by atoms with E-state index in [2.05, 4.69) is 10.4 Å². The minimum atomic E-state index is -0.112. The Labute approximate surface area is 105 Å². The zero-order valence-corrected chi connectivity index (χ0v) is 10.8. The molecule has 17 heavy (non-hydrogen) atoms. The summed E-state index contributed by atoms with van der Waals surface area (Å²) in [5.41, 5.74) is 2.46. The number of nitrogens with zero attached hydrogens (tertiary/aromatic N) is 3. The molecular formula is C11H14N4OS. The van der Waals surface area contributed by atoms with Crippen LogP contribution >= 0.6 is 12.2 Å². The van der Waals surface area contributed by atoms with Crippen molar-refractivity contribution in [3.8, 4) is 0 Å². The van der Waals surface area contributed by atoms with Gasteiger partial charge in [-0.15, -0.1) is 0 Å². The molecule has 0 spiro atoms. The Kier molecular flexibility index (Phi) is 2.97. The lowest BCUT2D eigenvalue weighted by Gasteiger charge is -2.02. The Hall–Kier alpha value is -1.69. The number of carbonyl (C=O) groups is 1. The van der Waals surface area contributed by atoms with Crippen molar-refractivity contribution in [3.63, 3.8) is 0 Å². The van der Waals surface area contributed by atoms with Gasteiger partial charge in [-0.3, -0.25) is 14.4 Å². The SMILES string of the molecule is CCn1ncc(/C=C2/NC(=S)N(C)C2=O)c1C. The molecule has 1 N–H and O–H groups in total. The van der Waals surface area contributed by atoms with Gasteiger partial charge in [0.25, 0.3) is 5.91 Å². The number of thiocarbonyl (C=S) groups is 1. The van der Waals surface area contributed by atoms with Gasteiger partial charge in [0.15, 0.2) is 5.11 Å². The number of amides is 1. The number of carbonyl (C=O) groups excluding carboxylic acids is 1. The minimum Gasteiger partial charge on any atom is -0.328 e. The lowest BCUT2D eigenvalue weighted by atomic mass is 10.2. The van der Waals surface area contributed by atoms with E-state index in [0.29, 0.717) is 10.8 Å². The third-order valence-electron chi connectivity index (χ3n) is 2.82. The van der Waals surface area contributed by atoms with Crippen LogP contribution in [-0.4, -0.2) is 32.7 Å². The van der Waals surface area contributed by atoms with Crippen molar-refractivity contribution in [3.05, 3.63) is 23.2 Å². The molecular weight excluding hydrogens is 236 g/mol. The quantitative estimate of drug-likeness (QED) is 0.626. The summed E-state index contributed by atoms with van der Waals surface area (Å²) >= 11 is 5.01. The van der Waals surface area contributed by atoms with Crippen molar-refractivity contribution >= 4 is 29.3 Å². The van der Waals surface area contributed by atoms with Crippen LogP contribution in [0.25, 0.3) is 6.08 Å². The first-order valence-electron chi connectivity index (χ1n) is 5.37. The van der Waals surface area contributed by atoms with E-state index in [-0.39, 0.29) is 5.91 Å². The molecule has 2 rings (SSSR count).